The largest absolute Gasteiger partial charge is 0.385 e. The van der Waals surface area contributed by atoms with Crippen LogP contribution in [0.2, 0.25) is 0 Å². The van der Waals surface area contributed by atoms with Gasteiger partial charge in [0, 0.05) is 30.9 Å². The van der Waals surface area contributed by atoms with E-state index in [0.29, 0.717) is 18.7 Å². The van der Waals surface area contributed by atoms with Crippen molar-refractivity contribution in [1.29, 1.82) is 0 Å². The summed E-state index contributed by atoms with van der Waals surface area (Å²) in [6, 6.07) is 3.02. The molecule has 1 aromatic rings. The highest BCUT2D eigenvalue weighted by atomic mass is 19.1. The number of pyridine rings is 1. The first-order valence-electron chi connectivity index (χ1n) is 4.82. The van der Waals surface area contributed by atoms with Gasteiger partial charge in [0.05, 0.1) is 0 Å². The van der Waals surface area contributed by atoms with Crippen molar-refractivity contribution in [2.45, 2.75) is 19.3 Å². The number of nitrogens with zero attached hydrogens (tertiary/aromatic N) is 1. The maximum Gasteiger partial charge on any atom is 0.217 e. The average molecular weight is 211 g/mol. The molecule has 0 saturated carbocycles. The van der Waals surface area contributed by atoms with Crippen LogP contribution in [0.5, 0.6) is 0 Å². The van der Waals surface area contributed by atoms with Crippen LogP contribution in [0.4, 0.5) is 10.1 Å². The van der Waals surface area contributed by atoms with Crippen LogP contribution in [-0.2, 0) is 4.79 Å². The van der Waals surface area contributed by atoms with E-state index in [1.807, 2.05) is 0 Å². The monoisotopic (exact) mass is 211 g/mol. The van der Waals surface area contributed by atoms with Gasteiger partial charge in [-0.2, -0.15) is 4.39 Å². The molecule has 1 rings (SSSR count). The quantitative estimate of drug-likeness (QED) is 0.550. The maximum absolute atomic E-state index is 12.6. The summed E-state index contributed by atoms with van der Waals surface area (Å²) in [5.74, 6) is -0.790. The number of unbranched alkanes of at least 4 members (excludes halogenated alkanes) is 1. The standard InChI is InChI=1S/C10H14FN3O/c11-9-7-8(4-6-14-9)13-5-2-1-3-10(12)15/h4,6-7H,1-3,5H2,(H2,12,15)(H,13,14). The van der Waals surface area contributed by atoms with Gasteiger partial charge in [0.2, 0.25) is 11.9 Å². The Kier molecular flexibility index (Phi) is 4.53. The second-order valence-electron chi connectivity index (χ2n) is 3.22. The predicted octanol–water partition coefficient (Wildman–Crippen LogP) is 1.29. The SMILES string of the molecule is NC(=O)CCCCNc1ccnc(F)c1. The van der Waals surface area contributed by atoms with Gasteiger partial charge in [0.15, 0.2) is 0 Å². The topological polar surface area (TPSA) is 68.0 Å². The van der Waals surface area contributed by atoms with E-state index in [2.05, 4.69) is 10.3 Å². The average Bonchev–Trinajstić information content (AvgIpc) is 2.17. The smallest absolute Gasteiger partial charge is 0.217 e. The lowest BCUT2D eigenvalue weighted by molar-refractivity contribution is -0.118. The van der Waals surface area contributed by atoms with E-state index in [1.54, 1.807) is 6.07 Å². The highest BCUT2D eigenvalue weighted by Gasteiger charge is 1.96. The van der Waals surface area contributed by atoms with E-state index in [1.165, 1.54) is 12.3 Å². The van der Waals surface area contributed by atoms with E-state index >= 15 is 0 Å². The summed E-state index contributed by atoms with van der Waals surface area (Å²) >= 11 is 0. The third kappa shape index (κ3) is 4.95. The van der Waals surface area contributed by atoms with E-state index in [-0.39, 0.29) is 5.91 Å². The van der Waals surface area contributed by atoms with Gasteiger partial charge in [0.25, 0.3) is 0 Å². The molecular formula is C10H14FN3O. The fourth-order valence-corrected chi connectivity index (χ4v) is 1.17. The minimum atomic E-state index is -0.503. The van der Waals surface area contributed by atoms with Gasteiger partial charge in [0.1, 0.15) is 0 Å². The predicted molar refractivity (Wildman–Crippen MR) is 55.7 cm³/mol. The van der Waals surface area contributed by atoms with Crippen LogP contribution in [-0.4, -0.2) is 17.4 Å². The number of nitrogens with one attached hydrogen (secondary N) is 1. The zero-order valence-electron chi connectivity index (χ0n) is 8.37. The molecular weight excluding hydrogens is 197 g/mol. The molecule has 0 aliphatic heterocycles. The third-order valence-electron chi connectivity index (χ3n) is 1.91. The minimum absolute atomic E-state index is 0.287. The zero-order valence-corrected chi connectivity index (χ0v) is 8.37. The molecule has 0 aliphatic rings. The van der Waals surface area contributed by atoms with Crippen LogP contribution in [0.1, 0.15) is 19.3 Å². The van der Waals surface area contributed by atoms with Crippen LogP contribution < -0.4 is 11.1 Å². The lowest BCUT2D eigenvalue weighted by Crippen LogP contribution is -2.10. The van der Waals surface area contributed by atoms with E-state index < -0.39 is 5.95 Å². The van der Waals surface area contributed by atoms with Crippen molar-refractivity contribution in [3.63, 3.8) is 0 Å². The molecule has 15 heavy (non-hydrogen) atoms. The van der Waals surface area contributed by atoms with Gasteiger partial charge in [-0.15, -0.1) is 0 Å². The number of primary amides is 1. The summed E-state index contributed by atoms with van der Waals surface area (Å²) in [5.41, 5.74) is 5.68. The number of aromatic nitrogens is 1. The van der Waals surface area contributed by atoms with Crippen LogP contribution in [0, 0.1) is 5.95 Å². The number of anilines is 1. The molecule has 1 heterocycles. The molecule has 0 fully saturated rings. The Bertz CT molecular complexity index is 330. The summed E-state index contributed by atoms with van der Waals surface area (Å²) in [7, 11) is 0. The number of rotatable bonds is 6. The highest BCUT2D eigenvalue weighted by Crippen LogP contribution is 2.06. The Morgan fingerprint density at radius 2 is 2.33 bits per heavy atom. The van der Waals surface area contributed by atoms with E-state index in [9.17, 15) is 9.18 Å². The van der Waals surface area contributed by atoms with Crippen LogP contribution in [0.15, 0.2) is 18.3 Å². The number of hydrogen-bond acceptors (Lipinski definition) is 3. The van der Waals surface area contributed by atoms with Crippen molar-refractivity contribution < 1.29 is 9.18 Å². The summed E-state index contributed by atoms with van der Waals surface area (Å²) in [6.07, 6.45) is 3.37. The Morgan fingerprint density at radius 3 is 3.00 bits per heavy atom. The molecule has 3 N–H and O–H groups in total. The maximum atomic E-state index is 12.6. The molecule has 5 heteroatoms. The first-order chi connectivity index (χ1) is 7.18. The second kappa shape index (κ2) is 5.95. The molecule has 4 nitrogen and oxygen atoms in total. The molecule has 0 aliphatic carbocycles. The summed E-state index contributed by atoms with van der Waals surface area (Å²) in [5, 5.41) is 3.03. The van der Waals surface area contributed by atoms with Crippen molar-refractivity contribution >= 4 is 11.6 Å². The lowest BCUT2D eigenvalue weighted by atomic mass is 10.2. The number of carbonyl (C=O) groups excluding carboxylic acids is 1. The van der Waals surface area contributed by atoms with E-state index in [0.717, 1.165) is 12.8 Å². The summed E-state index contributed by atoms with van der Waals surface area (Å²) < 4.78 is 12.6. The molecule has 0 atom stereocenters. The Balaban J connectivity index is 2.17. The molecule has 82 valence electrons. The number of hydrogen-bond donors (Lipinski definition) is 2. The molecule has 0 aromatic carbocycles. The second-order valence-corrected chi connectivity index (χ2v) is 3.22. The fourth-order valence-electron chi connectivity index (χ4n) is 1.17. The number of nitrogens with two attached hydrogens (primary N) is 1. The van der Waals surface area contributed by atoms with Gasteiger partial charge in [-0.1, -0.05) is 0 Å². The molecule has 0 spiro atoms. The molecule has 1 aromatic heterocycles. The third-order valence-corrected chi connectivity index (χ3v) is 1.91. The van der Waals surface area contributed by atoms with Crippen molar-refractivity contribution in [2.24, 2.45) is 5.73 Å². The van der Waals surface area contributed by atoms with Crippen LogP contribution in [0.25, 0.3) is 0 Å². The van der Waals surface area contributed by atoms with Crippen molar-refractivity contribution in [3.05, 3.63) is 24.3 Å². The van der Waals surface area contributed by atoms with Gasteiger partial charge >= 0.3 is 0 Å². The van der Waals surface area contributed by atoms with Gasteiger partial charge in [-0.05, 0) is 18.9 Å². The zero-order chi connectivity index (χ0) is 11.1. The normalized spacial score (nSPS) is 9.93. The molecule has 0 radical (unpaired) electrons. The molecule has 0 bridgehead atoms. The van der Waals surface area contributed by atoms with Crippen molar-refractivity contribution in [1.82, 2.24) is 4.98 Å². The molecule has 1 amide bonds. The van der Waals surface area contributed by atoms with Crippen LogP contribution in [0.3, 0.4) is 0 Å². The summed E-state index contributed by atoms with van der Waals surface area (Å²) in [6.45, 7) is 0.691. The minimum Gasteiger partial charge on any atom is -0.385 e. The highest BCUT2D eigenvalue weighted by molar-refractivity contribution is 5.73. The number of amides is 1. The Labute approximate surface area is 87.7 Å². The Hall–Kier alpha value is -1.65. The number of halogens is 1. The lowest BCUT2D eigenvalue weighted by Gasteiger charge is -2.04. The van der Waals surface area contributed by atoms with E-state index in [4.69, 9.17) is 5.73 Å². The first kappa shape index (κ1) is 11.4. The van der Waals surface area contributed by atoms with Gasteiger partial charge in [-0.25, -0.2) is 4.98 Å². The van der Waals surface area contributed by atoms with Crippen molar-refractivity contribution in [2.75, 3.05) is 11.9 Å². The first-order valence-corrected chi connectivity index (χ1v) is 4.82. The van der Waals surface area contributed by atoms with Gasteiger partial charge in [-0.3, -0.25) is 4.79 Å². The number of carbonyl (C=O) groups is 1. The molecule has 0 unspecified atom stereocenters. The van der Waals surface area contributed by atoms with Crippen LogP contribution >= 0.6 is 0 Å². The Morgan fingerprint density at radius 1 is 1.53 bits per heavy atom. The molecule has 0 saturated heterocycles. The van der Waals surface area contributed by atoms with Crippen molar-refractivity contribution in [3.8, 4) is 0 Å². The van der Waals surface area contributed by atoms with Gasteiger partial charge < -0.3 is 11.1 Å². The fraction of sp³-hybridized carbons (Fsp3) is 0.400. The summed E-state index contributed by atoms with van der Waals surface area (Å²) in [4.78, 5) is 13.9.